The number of aromatic nitrogens is 3. The Morgan fingerprint density at radius 2 is 2.10 bits per heavy atom. The van der Waals surface area contributed by atoms with Crippen molar-refractivity contribution >= 4 is 13.8 Å². The number of aliphatic hydroxyl groups is 2. The Labute approximate surface area is 117 Å². The molecule has 2 rings (SSSR count). The maximum Gasteiger partial charge on any atom is 0.469 e. The standard InChI is InChI=1S/C8H13N4O8P/c9-7-10-2-12(8(15)11-7)6-5(14)4(13)3(20-6)1-19-21(16,17)18/h2-6,13-14H,1H2,(H2,9,11,15)(H2,16,17,18)/t3-,4-,5-,6-/m0/s1. The fraction of sp³-hybridized carbons (Fsp3) is 0.625. The van der Waals surface area contributed by atoms with Gasteiger partial charge >= 0.3 is 13.5 Å². The monoisotopic (exact) mass is 324 g/mol. The van der Waals surface area contributed by atoms with Crippen molar-refractivity contribution in [1.29, 1.82) is 0 Å². The summed E-state index contributed by atoms with van der Waals surface area (Å²) in [7, 11) is -4.75. The first kappa shape index (κ1) is 16.0. The number of nitrogens with zero attached hydrogens (tertiary/aromatic N) is 3. The Hall–Kier alpha value is -1.40. The van der Waals surface area contributed by atoms with Crippen molar-refractivity contribution in [2.24, 2.45) is 0 Å². The molecule has 1 aliphatic heterocycles. The summed E-state index contributed by atoms with van der Waals surface area (Å²) in [6.45, 7) is -0.677. The number of ether oxygens (including phenoxy) is 1. The summed E-state index contributed by atoms with van der Waals surface area (Å²) in [5.74, 6) is -0.273. The molecule has 1 aromatic rings. The van der Waals surface area contributed by atoms with Gasteiger partial charge in [0, 0.05) is 0 Å². The van der Waals surface area contributed by atoms with Crippen LogP contribution >= 0.6 is 7.82 Å². The molecule has 0 amide bonds. The highest BCUT2D eigenvalue weighted by Gasteiger charge is 2.45. The first-order valence-electron chi connectivity index (χ1n) is 5.61. The van der Waals surface area contributed by atoms with Crippen molar-refractivity contribution < 1.29 is 33.8 Å². The van der Waals surface area contributed by atoms with Gasteiger partial charge in [0.1, 0.15) is 24.6 Å². The van der Waals surface area contributed by atoms with Crippen LogP contribution in [0.3, 0.4) is 0 Å². The second kappa shape index (κ2) is 5.77. The van der Waals surface area contributed by atoms with Crippen molar-refractivity contribution in [2.75, 3.05) is 12.3 Å². The minimum Gasteiger partial charge on any atom is -0.387 e. The SMILES string of the molecule is Nc1ncn([C@H]2O[C@@H](COP(=O)(O)O)[C@H](O)[C@@H]2O)c(=O)n1. The Balaban J connectivity index is 2.16. The van der Waals surface area contributed by atoms with Gasteiger partial charge in [-0.15, -0.1) is 0 Å². The van der Waals surface area contributed by atoms with Gasteiger partial charge in [-0.1, -0.05) is 0 Å². The number of anilines is 1. The van der Waals surface area contributed by atoms with E-state index in [4.69, 9.17) is 20.3 Å². The van der Waals surface area contributed by atoms with Gasteiger partial charge in [-0.25, -0.2) is 14.3 Å². The summed E-state index contributed by atoms with van der Waals surface area (Å²) in [6.07, 6.45) is -4.68. The van der Waals surface area contributed by atoms with E-state index in [1.54, 1.807) is 0 Å². The lowest BCUT2D eigenvalue weighted by Gasteiger charge is -2.16. The summed E-state index contributed by atoms with van der Waals surface area (Å²) in [5, 5.41) is 19.6. The molecule has 1 saturated heterocycles. The highest BCUT2D eigenvalue weighted by atomic mass is 31.2. The second-order valence-corrected chi connectivity index (χ2v) is 5.48. The summed E-state index contributed by atoms with van der Waals surface area (Å²) in [5.41, 5.74) is 4.35. The third kappa shape index (κ3) is 3.63. The van der Waals surface area contributed by atoms with Crippen LogP contribution in [0.5, 0.6) is 0 Å². The van der Waals surface area contributed by atoms with E-state index in [9.17, 15) is 19.6 Å². The van der Waals surface area contributed by atoms with E-state index in [-0.39, 0.29) is 5.95 Å². The Morgan fingerprint density at radius 1 is 1.43 bits per heavy atom. The van der Waals surface area contributed by atoms with Crippen molar-refractivity contribution in [3.8, 4) is 0 Å². The predicted molar refractivity (Wildman–Crippen MR) is 64.6 cm³/mol. The van der Waals surface area contributed by atoms with E-state index in [1.165, 1.54) is 0 Å². The minimum absolute atomic E-state index is 0.273. The molecule has 1 aliphatic rings. The van der Waals surface area contributed by atoms with Crippen molar-refractivity contribution in [3.05, 3.63) is 16.8 Å². The first-order chi connectivity index (χ1) is 9.69. The Bertz CT molecular complexity index is 617. The molecule has 13 heteroatoms. The van der Waals surface area contributed by atoms with E-state index in [2.05, 4.69) is 14.5 Å². The molecule has 0 saturated carbocycles. The third-order valence-corrected chi connectivity index (χ3v) is 3.25. The summed E-state index contributed by atoms with van der Waals surface area (Å²) in [4.78, 5) is 35.7. The molecular formula is C8H13N4O8P. The van der Waals surface area contributed by atoms with Gasteiger partial charge < -0.3 is 30.5 Å². The highest BCUT2D eigenvalue weighted by molar-refractivity contribution is 7.46. The molecule has 6 N–H and O–H groups in total. The average Bonchev–Trinajstić information content (AvgIpc) is 2.64. The zero-order valence-electron chi connectivity index (χ0n) is 10.4. The second-order valence-electron chi connectivity index (χ2n) is 4.24. The van der Waals surface area contributed by atoms with Crippen LogP contribution in [0, 0.1) is 0 Å². The maximum atomic E-state index is 11.6. The van der Waals surface area contributed by atoms with E-state index >= 15 is 0 Å². The van der Waals surface area contributed by atoms with Gasteiger partial charge in [0.05, 0.1) is 6.61 Å². The van der Waals surface area contributed by atoms with E-state index in [0.717, 1.165) is 10.9 Å². The number of nitrogens with two attached hydrogens (primary N) is 1. The van der Waals surface area contributed by atoms with Crippen LogP contribution in [0.1, 0.15) is 6.23 Å². The van der Waals surface area contributed by atoms with Gasteiger partial charge in [0.2, 0.25) is 5.95 Å². The normalized spacial score (nSPS) is 29.7. The molecule has 0 aromatic carbocycles. The fourth-order valence-corrected chi connectivity index (χ4v) is 2.14. The molecule has 0 radical (unpaired) electrons. The lowest BCUT2D eigenvalue weighted by molar-refractivity contribution is -0.0547. The number of hydrogen-bond donors (Lipinski definition) is 5. The molecule has 21 heavy (non-hydrogen) atoms. The highest BCUT2D eigenvalue weighted by Crippen LogP contribution is 2.38. The van der Waals surface area contributed by atoms with Crippen LogP contribution in [0.2, 0.25) is 0 Å². The van der Waals surface area contributed by atoms with Crippen LogP contribution in [0.4, 0.5) is 5.95 Å². The molecule has 12 nitrogen and oxygen atoms in total. The van der Waals surface area contributed by atoms with E-state index < -0.39 is 44.7 Å². The number of rotatable bonds is 4. The van der Waals surface area contributed by atoms with Crippen molar-refractivity contribution in [1.82, 2.24) is 14.5 Å². The zero-order valence-corrected chi connectivity index (χ0v) is 11.3. The molecule has 0 spiro atoms. The lowest BCUT2D eigenvalue weighted by atomic mass is 10.1. The first-order valence-corrected chi connectivity index (χ1v) is 7.14. The molecule has 1 fully saturated rings. The van der Waals surface area contributed by atoms with Crippen LogP contribution in [0.25, 0.3) is 0 Å². The molecule has 0 aliphatic carbocycles. The summed E-state index contributed by atoms with van der Waals surface area (Å²) >= 11 is 0. The van der Waals surface area contributed by atoms with E-state index in [1.807, 2.05) is 0 Å². The molecule has 1 aromatic heterocycles. The topological polar surface area (TPSA) is 190 Å². The minimum atomic E-state index is -4.75. The zero-order chi connectivity index (χ0) is 15.8. The Morgan fingerprint density at radius 3 is 2.67 bits per heavy atom. The fourth-order valence-electron chi connectivity index (χ4n) is 1.80. The average molecular weight is 324 g/mol. The molecule has 2 heterocycles. The Kier molecular flexibility index (Phi) is 4.39. The smallest absolute Gasteiger partial charge is 0.387 e. The van der Waals surface area contributed by atoms with Crippen LogP contribution in [0.15, 0.2) is 11.1 Å². The van der Waals surface area contributed by atoms with Crippen LogP contribution in [-0.4, -0.2) is 59.5 Å². The van der Waals surface area contributed by atoms with Gasteiger partial charge in [-0.2, -0.15) is 4.98 Å². The largest absolute Gasteiger partial charge is 0.469 e. The van der Waals surface area contributed by atoms with Crippen molar-refractivity contribution in [2.45, 2.75) is 24.5 Å². The molecule has 0 bridgehead atoms. The van der Waals surface area contributed by atoms with Gasteiger partial charge in [0.15, 0.2) is 6.23 Å². The van der Waals surface area contributed by atoms with Gasteiger partial charge in [-0.3, -0.25) is 9.09 Å². The number of aliphatic hydroxyl groups excluding tert-OH is 2. The predicted octanol–water partition coefficient (Wildman–Crippen LogP) is -3.05. The quantitative estimate of drug-likeness (QED) is 0.353. The van der Waals surface area contributed by atoms with Gasteiger partial charge in [-0.05, 0) is 0 Å². The molecular weight excluding hydrogens is 311 g/mol. The molecule has 0 unspecified atom stereocenters. The summed E-state index contributed by atoms with van der Waals surface area (Å²) in [6, 6.07) is 0. The van der Waals surface area contributed by atoms with Crippen LogP contribution in [-0.2, 0) is 13.8 Å². The maximum absolute atomic E-state index is 11.6. The lowest BCUT2D eigenvalue weighted by Crippen LogP contribution is -2.36. The van der Waals surface area contributed by atoms with Crippen molar-refractivity contribution in [3.63, 3.8) is 0 Å². The third-order valence-electron chi connectivity index (χ3n) is 2.76. The number of nitrogen functional groups attached to an aromatic ring is 1. The number of phosphoric ester groups is 1. The number of phosphoric acid groups is 1. The summed E-state index contributed by atoms with van der Waals surface area (Å²) < 4.78 is 20.8. The van der Waals surface area contributed by atoms with E-state index in [0.29, 0.717) is 0 Å². The van der Waals surface area contributed by atoms with Gasteiger partial charge in [0.25, 0.3) is 0 Å². The number of hydrogen-bond acceptors (Lipinski definition) is 9. The molecule has 118 valence electrons. The van der Waals surface area contributed by atoms with Crippen LogP contribution < -0.4 is 11.4 Å². The molecule has 4 atom stereocenters.